The van der Waals surface area contributed by atoms with Crippen molar-refractivity contribution in [3.63, 3.8) is 0 Å². The second-order valence-corrected chi connectivity index (χ2v) is 6.11. The molecule has 0 spiro atoms. The molecule has 2 aromatic carbocycles. The lowest BCUT2D eigenvalue weighted by Crippen LogP contribution is -1.93. The average molecular weight is 323 g/mol. The molecule has 94 valence electrons. The Balaban J connectivity index is 2.08. The molecule has 0 bridgehead atoms. The van der Waals surface area contributed by atoms with Crippen LogP contribution in [0.4, 0.5) is 0 Å². The highest BCUT2D eigenvalue weighted by atomic mass is 79.9. The van der Waals surface area contributed by atoms with Gasteiger partial charge in [-0.2, -0.15) is 0 Å². The first kappa shape index (κ1) is 13.7. The van der Waals surface area contributed by atoms with Crippen molar-refractivity contribution >= 4 is 27.7 Å². The van der Waals surface area contributed by atoms with Gasteiger partial charge in [0.25, 0.3) is 0 Å². The molecule has 0 heterocycles. The number of rotatable bonds is 4. The molecule has 0 saturated heterocycles. The third kappa shape index (κ3) is 3.61. The number of hydrogen-bond donors (Lipinski definition) is 1. The Bertz CT molecular complexity index is 493. The van der Waals surface area contributed by atoms with Crippen LogP contribution in [0.15, 0.2) is 62.8 Å². The van der Waals surface area contributed by atoms with E-state index in [4.69, 9.17) is 0 Å². The van der Waals surface area contributed by atoms with E-state index < -0.39 is 0 Å². The maximum absolute atomic E-state index is 9.73. The van der Waals surface area contributed by atoms with Gasteiger partial charge in [-0.1, -0.05) is 46.7 Å². The average Bonchev–Trinajstić information content (AvgIpc) is 2.41. The van der Waals surface area contributed by atoms with Gasteiger partial charge < -0.3 is 5.11 Å². The van der Waals surface area contributed by atoms with Gasteiger partial charge in [0.2, 0.25) is 0 Å². The first-order chi connectivity index (χ1) is 8.69. The molecule has 0 radical (unpaired) electrons. The van der Waals surface area contributed by atoms with Crippen molar-refractivity contribution in [3.8, 4) is 0 Å². The van der Waals surface area contributed by atoms with Gasteiger partial charge in [0.1, 0.15) is 0 Å². The highest BCUT2D eigenvalue weighted by Crippen LogP contribution is 2.29. The fourth-order valence-electron chi connectivity index (χ4n) is 1.63. The van der Waals surface area contributed by atoms with Crippen LogP contribution in [0, 0.1) is 0 Å². The summed E-state index contributed by atoms with van der Waals surface area (Å²) in [6.07, 6.45) is 0.399. The van der Waals surface area contributed by atoms with E-state index in [9.17, 15) is 5.11 Å². The minimum atomic E-state index is -0.350. The molecule has 0 saturated carbocycles. The lowest BCUT2D eigenvalue weighted by molar-refractivity contribution is 0.173. The van der Waals surface area contributed by atoms with E-state index in [0.29, 0.717) is 0 Å². The smallest absolute Gasteiger partial charge is 0.0787 e. The molecule has 0 aromatic heterocycles. The fraction of sp³-hybridized carbons (Fsp3) is 0.200. The Kier molecular flexibility index (Phi) is 4.87. The summed E-state index contributed by atoms with van der Waals surface area (Å²) in [5.41, 5.74) is 0.984. The molecule has 0 amide bonds. The predicted molar refractivity (Wildman–Crippen MR) is 80.0 cm³/mol. The SMILES string of the molecule is CCC(O)c1ccc(Sc2ccc(Br)cc2)cc1. The Labute approximate surface area is 120 Å². The summed E-state index contributed by atoms with van der Waals surface area (Å²) in [5, 5.41) is 9.73. The van der Waals surface area contributed by atoms with E-state index in [-0.39, 0.29) is 6.10 Å². The summed E-state index contributed by atoms with van der Waals surface area (Å²) < 4.78 is 1.09. The van der Waals surface area contributed by atoms with E-state index in [1.165, 1.54) is 9.79 Å². The molecule has 3 heteroatoms. The Hall–Kier alpha value is -0.770. The second kappa shape index (κ2) is 6.41. The van der Waals surface area contributed by atoms with Crippen molar-refractivity contribution in [3.05, 3.63) is 58.6 Å². The molecule has 2 aromatic rings. The maximum atomic E-state index is 9.73. The Morgan fingerprint density at radius 1 is 1.00 bits per heavy atom. The van der Waals surface area contributed by atoms with Crippen LogP contribution in [0.25, 0.3) is 0 Å². The molecular weight excluding hydrogens is 308 g/mol. The van der Waals surface area contributed by atoms with Crippen molar-refractivity contribution < 1.29 is 5.11 Å². The zero-order chi connectivity index (χ0) is 13.0. The van der Waals surface area contributed by atoms with Gasteiger partial charge in [0.05, 0.1) is 6.10 Å². The van der Waals surface area contributed by atoms with Crippen LogP contribution in [-0.2, 0) is 0 Å². The molecule has 0 aliphatic carbocycles. The standard InChI is InChI=1S/C15H15BrOS/c1-2-15(17)11-3-7-13(8-4-11)18-14-9-5-12(16)6-10-14/h3-10,15,17H,2H2,1H3. The van der Waals surface area contributed by atoms with Crippen LogP contribution in [0.2, 0.25) is 0 Å². The Morgan fingerprint density at radius 2 is 1.50 bits per heavy atom. The molecule has 2 rings (SSSR count). The minimum Gasteiger partial charge on any atom is -0.388 e. The molecule has 1 N–H and O–H groups in total. The zero-order valence-corrected chi connectivity index (χ0v) is 12.5. The number of aliphatic hydroxyl groups excluding tert-OH is 1. The normalized spacial score (nSPS) is 12.4. The summed E-state index contributed by atoms with van der Waals surface area (Å²) in [5.74, 6) is 0. The van der Waals surface area contributed by atoms with Crippen LogP contribution in [0.3, 0.4) is 0 Å². The molecule has 0 aliphatic rings. The first-order valence-corrected chi connectivity index (χ1v) is 7.51. The summed E-state index contributed by atoms with van der Waals surface area (Å²) in [6.45, 7) is 1.98. The minimum absolute atomic E-state index is 0.350. The van der Waals surface area contributed by atoms with Gasteiger partial charge in [0.15, 0.2) is 0 Å². The largest absolute Gasteiger partial charge is 0.388 e. The van der Waals surface area contributed by atoms with E-state index in [2.05, 4.69) is 40.2 Å². The van der Waals surface area contributed by atoms with E-state index in [1.807, 2.05) is 31.2 Å². The van der Waals surface area contributed by atoms with Crippen LogP contribution >= 0.6 is 27.7 Å². The van der Waals surface area contributed by atoms with Crippen LogP contribution in [-0.4, -0.2) is 5.11 Å². The van der Waals surface area contributed by atoms with E-state index in [0.717, 1.165) is 16.5 Å². The molecule has 1 nitrogen and oxygen atoms in total. The van der Waals surface area contributed by atoms with Crippen LogP contribution < -0.4 is 0 Å². The molecule has 1 atom stereocenters. The third-order valence-corrected chi connectivity index (χ3v) is 4.25. The van der Waals surface area contributed by atoms with Crippen molar-refractivity contribution in [1.82, 2.24) is 0 Å². The number of benzene rings is 2. The zero-order valence-electron chi connectivity index (χ0n) is 10.1. The third-order valence-electron chi connectivity index (χ3n) is 2.70. The van der Waals surface area contributed by atoms with Gasteiger partial charge >= 0.3 is 0 Å². The highest BCUT2D eigenvalue weighted by Gasteiger charge is 2.04. The summed E-state index contributed by atoms with van der Waals surface area (Å²) in [6, 6.07) is 16.4. The lowest BCUT2D eigenvalue weighted by Gasteiger charge is -2.08. The first-order valence-electron chi connectivity index (χ1n) is 5.90. The number of hydrogen-bond acceptors (Lipinski definition) is 2. The monoisotopic (exact) mass is 322 g/mol. The van der Waals surface area contributed by atoms with Crippen LogP contribution in [0.1, 0.15) is 25.0 Å². The Morgan fingerprint density at radius 3 is 2.00 bits per heavy atom. The highest BCUT2D eigenvalue weighted by molar-refractivity contribution is 9.10. The summed E-state index contributed by atoms with van der Waals surface area (Å²) in [4.78, 5) is 2.39. The molecule has 0 aliphatic heterocycles. The van der Waals surface area contributed by atoms with E-state index >= 15 is 0 Å². The summed E-state index contributed by atoms with van der Waals surface area (Å²) in [7, 11) is 0. The lowest BCUT2D eigenvalue weighted by atomic mass is 10.1. The molecule has 18 heavy (non-hydrogen) atoms. The number of halogens is 1. The number of aliphatic hydroxyl groups is 1. The second-order valence-electron chi connectivity index (χ2n) is 4.05. The van der Waals surface area contributed by atoms with Crippen molar-refractivity contribution in [2.75, 3.05) is 0 Å². The van der Waals surface area contributed by atoms with Crippen molar-refractivity contribution in [1.29, 1.82) is 0 Å². The van der Waals surface area contributed by atoms with Crippen LogP contribution in [0.5, 0.6) is 0 Å². The molecule has 1 unspecified atom stereocenters. The predicted octanol–water partition coefficient (Wildman–Crippen LogP) is 5.04. The van der Waals surface area contributed by atoms with E-state index in [1.54, 1.807) is 11.8 Å². The maximum Gasteiger partial charge on any atom is 0.0787 e. The van der Waals surface area contributed by atoms with Crippen molar-refractivity contribution in [2.45, 2.75) is 29.2 Å². The quantitative estimate of drug-likeness (QED) is 0.850. The fourth-order valence-corrected chi connectivity index (χ4v) is 2.71. The van der Waals surface area contributed by atoms with Gasteiger partial charge in [-0.15, -0.1) is 0 Å². The van der Waals surface area contributed by atoms with Gasteiger partial charge in [0, 0.05) is 14.3 Å². The molecular formula is C15H15BrOS. The van der Waals surface area contributed by atoms with Gasteiger partial charge in [-0.3, -0.25) is 0 Å². The summed E-state index contributed by atoms with van der Waals surface area (Å²) >= 11 is 5.15. The van der Waals surface area contributed by atoms with Gasteiger partial charge in [-0.05, 0) is 48.4 Å². The van der Waals surface area contributed by atoms with Crippen molar-refractivity contribution in [2.24, 2.45) is 0 Å². The molecule has 0 fully saturated rings. The topological polar surface area (TPSA) is 20.2 Å². The van der Waals surface area contributed by atoms with Gasteiger partial charge in [-0.25, -0.2) is 0 Å².